The van der Waals surface area contributed by atoms with Crippen molar-refractivity contribution in [1.29, 1.82) is 0 Å². The second kappa shape index (κ2) is 5.50. The lowest BCUT2D eigenvalue weighted by molar-refractivity contribution is 0.146. The highest BCUT2D eigenvalue weighted by atomic mass is 35.5. The van der Waals surface area contributed by atoms with Gasteiger partial charge in [-0.1, -0.05) is 25.4 Å². The number of furan rings is 1. The van der Waals surface area contributed by atoms with E-state index in [-0.39, 0.29) is 0 Å². The number of aromatic nitrogens is 2. The summed E-state index contributed by atoms with van der Waals surface area (Å²) in [5, 5.41) is 15.4. The predicted octanol–water partition coefficient (Wildman–Crippen LogP) is 3.63. The first-order valence-corrected chi connectivity index (χ1v) is 7.87. The lowest BCUT2D eigenvalue weighted by atomic mass is 10.1. The summed E-state index contributed by atoms with van der Waals surface area (Å²) >= 11 is 6.32. The molecule has 1 saturated carbocycles. The monoisotopic (exact) mass is 308 g/mol. The van der Waals surface area contributed by atoms with Gasteiger partial charge in [-0.15, -0.1) is 0 Å². The number of rotatable bonds is 5. The quantitative estimate of drug-likeness (QED) is 0.917. The van der Waals surface area contributed by atoms with Crippen molar-refractivity contribution in [2.24, 2.45) is 13.0 Å². The van der Waals surface area contributed by atoms with Crippen molar-refractivity contribution >= 4 is 11.6 Å². The van der Waals surface area contributed by atoms with Gasteiger partial charge in [0.05, 0.1) is 16.4 Å². The molecule has 0 amide bonds. The molecule has 0 saturated heterocycles. The summed E-state index contributed by atoms with van der Waals surface area (Å²) < 4.78 is 7.55. The van der Waals surface area contributed by atoms with Gasteiger partial charge >= 0.3 is 0 Å². The Hall–Kier alpha value is -1.26. The average molecular weight is 309 g/mol. The van der Waals surface area contributed by atoms with Gasteiger partial charge < -0.3 is 9.52 Å². The molecule has 2 aromatic heterocycles. The molecule has 0 spiro atoms. The minimum Gasteiger partial charge on any atom is -0.463 e. The van der Waals surface area contributed by atoms with Crippen molar-refractivity contribution in [1.82, 2.24) is 9.78 Å². The summed E-state index contributed by atoms with van der Waals surface area (Å²) in [7, 11) is 1.85. The number of aliphatic hydroxyl groups excluding tert-OH is 1. The van der Waals surface area contributed by atoms with Crippen LogP contribution < -0.4 is 0 Å². The van der Waals surface area contributed by atoms with E-state index in [0.29, 0.717) is 29.0 Å². The number of nitrogens with zero attached hydrogens (tertiary/aromatic N) is 2. The van der Waals surface area contributed by atoms with E-state index in [1.54, 1.807) is 4.68 Å². The molecule has 5 heteroatoms. The second-order valence-electron chi connectivity index (χ2n) is 5.96. The smallest absolute Gasteiger partial charge is 0.133 e. The van der Waals surface area contributed by atoms with Crippen LogP contribution >= 0.6 is 11.6 Å². The van der Waals surface area contributed by atoms with Gasteiger partial charge in [0, 0.05) is 19.4 Å². The molecule has 1 N–H and O–H groups in total. The fourth-order valence-electron chi connectivity index (χ4n) is 2.79. The molecular weight excluding hydrogens is 288 g/mol. The van der Waals surface area contributed by atoms with E-state index in [9.17, 15) is 5.11 Å². The Kier molecular flexibility index (Phi) is 3.84. The largest absolute Gasteiger partial charge is 0.463 e. The van der Waals surface area contributed by atoms with Crippen molar-refractivity contribution in [3.63, 3.8) is 0 Å². The van der Waals surface area contributed by atoms with E-state index >= 15 is 0 Å². The summed E-state index contributed by atoms with van der Waals surface area (Å²) in [4.78, 5) is 0. The summed E-state index contributed by atoms with van der Waals surface area (Å²) in [6, 6.07) is 3.85. The summed E-state index contributed by atoms with van der Waals surface area (Å²) in [5.41, 5.74) is 1.71. The van der Waals surface area contributed by atoms with Gasteiger partial charge in [0.15, 0.2) is 0 Å². The first kappa shape index (κ1) is 14.7. The van der Waals surface area contributed by atoms with Crippen LogP contribution in [0.3, 0.4) is 0 Å². The highest BCUT2D eigenvalue weighted by molar-refractivity contribution is 6.31. The number of aryl methyl sites for hydroxylation is 2. The minimum atomic E-state index is -0.689. The standard InChI is InChI=1S/C16H21ClN2O2/c1-4-11-16(17)12(19(3)18-11)8-13(20)15-6-5-14(21-15)10-7-9(10)2/h5-6,9-10,13,20H,4,7-8H2,1-3H3. The van der Waals surface area contributed by atoms with Crippen molar-refractivity contribution < 1.29 is 9.52 Å². The van der Waals surface area contributed by atoms with E-state index in [0.717, 1.165) is 23.6 Å². The van der Waals surface area contributed by atoms with Crippen molar-refractivity contribution in [3.05, 3.63) is 40.1 Å². The molecule has 0 aliphatic heterocycles. The maximum absolute atomic E-state index is 10.4. The van der Waals surface area contributed by atoms with E-state index in [4.69, 9.17) is 16.0 Å². The fraction of sp³-hybridized carbons (Fsp3) is 0.562. The molecule has 0 aromatic carbocycles. The third-order valence-corrected chi connectivity index (χ3v) is 4.78. The lowest BCUT2D eigenvalue weighted by Crippen LogP contribution is -2.06. The Bertz CT molecular complexity index is 647. The molecule has 3 unspecified atom stereocenters. The first-order valence-electron chi connectivity index (χ1n) is 7.49. The van der Waals surface area contributed by atoms with Crippen molar-refractivity contribution in [2.45, 2.75) is 45.1 Å². The van der Waals surface area contributed by atoms with Gasteiger partial charge in [-0.05, 0) is 30.9 Å². The van der Waals surface area contributed by atoms with Gasteiger partial charge in [0.1, 0.15) is 17.6 Å². The Morgan fingerprint density at radius 2 is 2.24 bits per heavy atom. The summed E-state index contributed by atoms with van der Waals surface area (Å²) in [6.07, 6.45) is 1.68. The van der Waals surface area contributed by atoms with Crippen LogP contribution in [-0.2, 0) is 19.9 Å². The molecule has 114 valence electrons. The molecule has 2 aromatic rings. The molecule has 0 bridgehead atoms. The highest BCUT2D eigenvalue weighted by Crippen LogP contribution is 2.47. The van der Waals surface area contributed by atoms with Crippen LogP contribution in [0.2, 0.25) is 5.02 Å². The Morgan fingerprint density at radius 3 is 2.81 bits per heavy atom. The van der Waals surface area contributed by atoms with Gasteiger partial charge in [-0.2, -0.15) is 5.10 Å². The normalized spacial score (nSPS) is 22.5. The molecular formula is C16H21ClN2O2. The maximum atomic E-state index is 10.4. The highest BCUT2D eigenvalue weighted by Gasteiger charge is 2.37. The first-order chi connectivity index (χ1) is 10.0. The van der Waals surface area contributed by atoms with Gasteiger partial charge in [0.2, 0.25) is 0 Å². The van der Waals surface area contributed by atoms with Crippen LogP contribution in [0, 0.1) is 5.92 Å². The zero-order valence-corrected chi connectivity index (χ0v) is 13.4. The molecule has 1 aliphatic rings. The zero-order valence-electron chi connectivity index (χ0n) is 12.6. The Balaban J connectivity index is 1.75. The number of hydrogen-bond donors (Lipinski definition) is 1. The SMILES string of the molecule is CCc1nn(C)c(CC(O)c2ccc(C3CC3C)o2)c1Cl. The molecule has 3 rings (SSSR count). The van der Waals surface area contributed by atoms with Crippen molar-refractivity contribution in [3.8, 4) is 0 Å². The predicted molar refractivity (Wildman–Crippen MR) is 81.5 cm³/mol. The van der Waals surface area contributed by atoms with Crippen LogP contribution in [-0.4, -0.2) is 14.9 Å². The maximum Gasteiger partial charge on any atom is 0.133 e. The molecule has 2 heterocycles. The number of aliphatic hydroxyl groups is 1. The summed E-state index contributed by atoms with van der Waals surface area (Å²) in [6.45, 7) is 4.23. The Morgan fingerprint density at radius 1 is 1.52 bits per heavy atom. The molecule has 21 heavy (non-hydrogen) atoms. The van der Waals surface area contributed by atoms with Crippen molar-refractivity contribution in [2.75, 3.05) is 0 Å². The zero-order chi connectivity index (χ0) is 15.1. The molecule has 1 fully saturated rings. The lowest BCUT2D eigenvalue weighted by Gasteiger charge is -2.08. The van der Waals surface area contributed by atoms with E-state index in [1.165, 1.54) is 6.42 Å². The summed E-state index contributed by atoms with van der Waals surface area (Å²) in [5.74, 6) is 2.82. The minimum absolute atomic E-state index is 0.412. The number of halogens is 1. The molecule has 1 aliphatic carbocycles. The Labute approximate surface area is 129 Å². The van der Waals surface area contributed by atoms with E-state index in [1.807, 2.05) is 26.1 Å². The van der Waals surface area contributed by atoms with Crippen LogP contribution in [0.4, 0.5) is 0 Å². The molecule has 0 radical (unpaired) electrons. The van der Waals surface area contributed by atoms with Gasteiger partial charge in [-0.25, -0.2) is 0 Å². The molecule has 4 nitrogen and oxygen atoms in total. The van der Waals surface area contributed by atoms with E-state index in [2.05, 4.69) is 12.0 Å². The van der Waals surface area contributed by atoms with Gasteiger partial charge in [-0.3, -0.25) is 4.68 Å². The third kappa shape index (κ3) is 2.74. The van der Waals surface area contributed by atoms with E-state index < -0.39 is 6.10 Å². The third-order valence-electron chi connectivity index (χ3n) is 4.34. The van der Waals surface area contributed by atoms with Crippen LogP contribution in [0.25, 0.3) is 0 Å². The van der Waals surface area contributed by atoms with Gasteiger partial charge in [0.25, 0.3) is 0 Å². The topological polar surface area (TPSA) is 51.2 Å². The number of hydrogen-bond acceptors (Lipinski definition) is 3. The fourth-order valence-corrected chi connectivity index (χ4v) is 3.16. The van der Waals surface area contributed by atoms with Crippen LogP contribution in [0.5, 0.6) is 0 Å². The average Bonchev–Trinajstić information content (AvgIpc) is 2.89. The second-order valence-corrected chi connectivity index (χ2v) is 6.34. The molecule has 3 atom stereocenters. The van der Waals surface area contributed by atoms with Crippen LogP contribution in [0.15, 0.2) is 16.5 Å². The van der Waals surface area contributed by atoms with Crippen LogP contribution in [0.1, 0.15) is 55.2 Å².